The van der Waals surface area contributed by atoms with Crippen LogP contribution in [0, 0.1) is 5.41 Å². The van der Waals surface area contributed by atoms with E-state index in [1.807, 2.05) is 30.3 Å². The molecule has 1 aliphatic rings. The highest BCUT2D eigenvalue weighted by atomic mass is 16.3. The predicted octanol–water partition coefficient (Wildman–Crippen LogP) is 2.86. The molecule has 6 heteroatoms. The molecule has 0 radical (unpaired) electrons. The summed E-state index contributed by atoms with van der Waals surface area (Å²) in [6.07, 6.45) is 2.80. The van der Waals surface area contributed by atoms with E-state index in [-0.39, 0.29) is 31.6 Å². The molecule has 0 spiro atoms. The molecule has 1 aromatic carbocycles. The number of rotatable bonds is 6. The molecule has 152 valence electrons. The van der Waals surface area contributed by atoms with Crippen LogP contribution in [-0.2, 0) is 11.2 Å². The van der Waals surface area contributed by atoms with Crippen LogP contribution in [0.15, 0.2) is 55.6 Å². The molecule has 2 rings (SSSR count). The molecule has 1 N–H and O–H groups in total. The average molecular weight is 386 g/mol. The van der Waals surface area contributed by atoms with Gasteiger partial charge in [0, 0.05) is 12.0 Å². The van der Waals surface area contributed by atoms with Crippen LogP contribution in [-0.4, -0.2) is 63.7 Å². The van der Waals surface area contributed by atoms with Gasteiger partial charge in [-0.1, -0.05) is 63.3 Å². The van der Waals surface area contributed by atoms with Crippen LogP contribution in [0.2, 0.25) is 0 Å². The van der Waals surface area contributed by atoms with E-state index in [1.165, 1.54) is 10.0 Å². The van der Waals surface area contributed by atoms with Gasteiger partial charge < -0.3 is 10.0 Å². The number of benzene rings is 1. The Morgan fingerprint density at radius 3 is 2.32 bits per heavy atom. The smallest absolute Gasteiger partial charge is 0.339 e. The van der Waals surface area contributed by atoms with E-state index >= 15 is 0 Å². The Bertz CT molecular complexity index is 711. The SMILES string of the molecule is C=CCN1C(=O)N(CC=C)N(C(=O)C(C)(C)C)C[C@@H](O)[C@H]1Cc1ccccc1. The molecule has 1 aliphatic heterocycles. The Morgan fingerprint density at radius 1 is 1.18 bits per heavy atom. The van der Waals surface area contributed by atoms with E-state index in [4.69, 9.17) is 0 Å². The van der Waals surface area contributed by atoms with Gasteiger partial charge in [-0.3, -0.25) is 4.79 Å². The molecule has 6 nitrogen and oxygen atoms in total. The zero-order valence-corrected chi connectivity index (χ0v) is 17.0. The summed E-state index contributed by atoms with van der Waals surface area (Å²) in [5.41, 5.74) is 0.321. The van der Waals surface area contributed by atoms with E-state index < -0.39 is 17.6 Å². The van der Waals surface area contributed by atoms with Crippen molar-refractivity contribution in [2.24, 2.45) is 5.41 Å². The summed E-state index contributed by atoms with van der Waals surface area (Å²) in [6.45, 7) is 13.4. The van der Waals surface area contributed by atoms with Crippen molar-refractivity contribution in [2.75, 3.05) is 19.6 Å². The van der Waals surface area contributed by atoms with Crippen molar-refractivity contribution in [1.82, 2.24) is 14.9 Å². The highest BCUT2D eigenvalue weighted by Crippen LogP contribution is 2.25. The second kappa shape index (κ2) is 9.06. The molecule has 1 fully saturated rings. The zero-order chi connectivity index (χ0) is 20.9. The third-order valence-electron chi connectivity index (χ3n) is 4.75. The minimum absolute atomic E-state index is 0.0425. The first-order chi connectivity index (χ1) is 13.2. The third kappa shape index (κ3) is 4.81. The summed E-state index contributed by atoms with van der Waals surface area (Å²) in [6, 6.07) is 8.90. The number of carbonyl (C=O) groups excluding carboxylic acids is 2. The highest BCUT2D eigenvalue weighted by molar-refractivity contribution is 5.85. The van der Waals surface area contributed by atoms with Crippen molar-refractivity contribution >= 4 is 11.9 Å². The molecule has 28 heavy (non-hydrogen) atoms. The topological polar surface area (TPSA) is 64.1 Å². The lowest BCUT2D eigenvalue weighted by molar-refractivity contribution is -0.154. The number of nitrogens with zero attached hydrogens (tertiary/aromatic N) is 3. The molecular formula is C22H31N3O3. The van der Waals surface area contributed by atoms with Gasteiger partial charge in [0.1, 0.15) is 0 Å². The Morgan fingerprint density at radius 2 is 1.79 bits per heavy atom. The van der Waals surface area contributed by atoms with Gasteiger partial charge in [-0.15, -0.1) is 13.2 Å². The van der Waals surface area contributed by atoms with Gasteiger partial charge in [-0.2, -0.15) is 0 Å². The van der Waals surface area contributed by atoms with Gasteiger partial charge in [-0.05, 0) is 12.0 Å². The van der Waals surface area contributed by atoms with Gasteiger partial charge in [0.15, 0.2) is 0 Å². The number of urea groups is 1. The maximum Gasteiger partial charge on any atom is 0.339 e. The van der Waals surface area contributed by atoms with Crippen LogP contribution in [0.25, 0.3) is 0 Å². The summed E-state index contributed by atoms with van der Waals surface area (Å²) in [5.74, 6) is -0.222. The van der Waals surface area contributed by atoms with Crippen LogP contribution in [0.3, 0.4) is 0 Å². The molecule has 1 saturated heterocycles. The normalized spacial score (nSPS) is 20.7. The minimum atomic E-state index is -0.898. The average Bonchev–Trinajstić information content (AvgIpc) is 2.74. The molecule has 0 unspecified atom stereocenters. The summed E-state index contributed by atoms with van der Waals surface area (Å²) in [4.78, 5) is 28.0. The first kappa shape index (κ1) is 21.7. The Hall–Kier alpha value is -2.60. The van der Waals surface area contributed by atoms with Crippen molar-refractivity contribution in [3.63, 3.8) is 0 Å². The number of β-amino-alcohol motifs (C(OH)–C–C–N with tert-alkyl or cyclic N) is 1. The van der Waals surface area contributed by atoms with E-state index in [0.717, 1.165) is 5.56 Å². The molecule has 3 amide bonds. The molecule has 2 atom stereocenters. The van der Waals surface area contributed by atoms with Gasteiger partial charge in [-0.25, -0.2) is 14.8 Å². The number of carbonyl (C=O) groups is 2. The lowest BCUT2D eigenvalue weighted by atomic mass is 9.94. The fourth-order valence-electron chi connectivity index (χ4n) is 3.33. The molecular weight excluding hydrogens is 354 g/mol. The molecule has 0 aliphatic carbocycles. The summed E-state index contributed by atoms with van der Waals surface area (Å²) >= 11 is 0. The van der Waals surface area contributed by atoms with Crippen LogP contribution in [0.5, 0.6) is 0 Å². The van der Waals surface area contributed by atoms with Crippen LogP contribution in [0.1, 0.15) is 26.3 Å². The lowest BCUT2D eigenvalue weighted by Gasteiger charge is -2.37. The van der Waals surface area contributed by atoms with Crippen LogP contribution >= 0.6 is 0 Å². The monoisotopic (exact) mass is 385 g/mol. The first-order valence-corrected chi connectivity index (χ1v) is 9.54. The van der Waals surface area contributed by atoms with Crippen LogP contribution in [0.4, 0.5) is 4.79 Å². The molecule has 1 aromatic rings. The molecule has 0 bridgehead atoms. The highest BCUT2D eigenvalue weighted by Gasteiger charge is 2.43. The lowest BCUT2D eigenvalue weighted by Crippen LogP contribution is -2.55. The van der Waals surface area contributed by atoms with Crippen molar-refractivity contribution in [3.8, 4) is 0 Å². The van der Waals surface area contributed by atoms with E-state index in [0.29, 0.717) is 6.42 Å². The van der Waals surface area contributed by atoms with Gasteiger partial charge in [0.25, 0.3) is 0 Å². The quantitative estimate of drug-likeness (QED) is 0.766. The van der Waals surface area contributed by atoms with Gasteiger partial charge in [0.05, 0.1) is 25.2 Å². The fraction of sp³-hybridized carbons (Fsp3) is 0.455. The van der Waals surface area contributed by atoms with Crippen molar-refractivity contribution < 1.29 is 14.7 Å². The largest absolute Gasteiger partial charge is 0.389 e. The van der Waals surface area contributed by atoms with Gasteiger partial charge >= 0.3 is 6.03 Å². The van der Waals surface area contributed by atoms with E-state index in [2.05, 4.69) is 13.2 Å². The van der Waals surface area contributed by atoms with Crippen LogP contribution < -0.4 is 0 Å². The van der Waals surface area contributed by atoms with Crippen molar-refractivity contribution in [2.45, 2.75) is 39.3 Å². The second-order valence-corrected chi connectivity index (χ2v) is 8.06. The molecule has 1 heterocycles. The second-order valence-electron chi connectivity index (χ2n) is 8.06. The maximum absolute atomic E-state index is 13.4. The Labute approximate surface area is 167 Å². The molecule has 0 aromatic heterocycles. The molecule has 0 saturated carbocycles. The van der Waals surface area contributed by atoms with Crippen molar-refractivity contribution in [1.29, 1.82) is 0 Å². The number of aliphatic hydroxyl groups is 1. The number of hydrogen-bond donors (Lipinski definition) is 1. The predicted molar refractivity (Wildman–Crippen MR) is 110 cm³/mol. The number of amides is 3. The summed E-state index contributed by atoms with van der Waals surface area (Å²) in [5, 5.41) is 13.8. The fourth-order valence-corrected chi connectivity index (χ4v) is 3.33. The Balaban J connectivity index is 2.45. The van der Waals surface area contributed by atoms with E-state index in [9.17, 15) is 14.7 Å². The zero-order valence-electron chi connectivity index (χ0n) is 17.0. The minimum Gasteiger partial charge on any atom is -0.389 e. The van der Waals surface area contributed by atoms with E-state index in [1.54, 1.807) is 37.8 Å². The third-order valence-corrected chi connectivity index (χ3v) is 4.75. The number of hydrazine groups is 1. The Kier molecular flexibility index (Phi) is 7.02. The number of hydrogen-bond acceptors (Lipinski definition) is 3. The van der Waals surface area contributed by atoms with Crippen molar-refractivity contribution in [3.05, 3.63) is 61.2 Å². The van der Waals surface area contributed by atoms with Gasteiger partial charge in [0.2, 0.25) is 5.91 Å². The maximum atomic E-state index is 13.4. The summed E-state index contributed by atoms with van der Waals surface area (Å²) < 4.78 is 0. The first-order valence-electron chi connectivity index (χ1n) is 9.54. The summed E-state index contributed by atoms with van der Waals surface area (Å²) in [7, 11) is 0. The standard InChI is InChI=1S/C22H31N3O3/c1-6-13-23-18(15-17-11-9-8-10-12-17)19(26)16-25(20(27)22(3,4)5)24(14-7-2)21(23)28/h6-12,18-19,26H,1-2,13-16H2,3-5H3/t18-,19-/m1/s1. The number of aliphatic hydroxyl groups excluding tert-OH is 1.